The maximum Gasteiger partial charge on any atom is 0.126 e. The molecule has 2 heteroatoms. The van der Waals surface area contributed by atoms with E-state index in [0.29, 0.717) is 5.92 Å². The Hall–Kier alpha value is -1.70. The Kier molecular flexibility index (Phi) is 9.84. The highest BCUT2D eigenvalue weighted by atomic mass is 16.5. The van der Waals surface area contributed by atoms with E-state index in [1.54, 1.807) is 14.2 Å². The average molecular weight is 399 g/mol. The van der Waals surface area contributed by atoms with E-state index < -0.39 is 0 Å². The van der Waals surface area contributed by atoms with Crippen LogP contribution in [0.1, 0.15) is 95.6 Å². The van der Waals surface area contributed by atoms with Gasteiger partial charge in [-0.05, 0) is 69.1 Å². The Bertz CT molecular complexity index is 661. The number of hydrogen-bond acceptors (Lipinski definition) is 2. The lowest BCUT2D eigenvalue weighted by Gasteiger charge is -2.33. The first-order valence-electron chi connectivity index (χ1n) is 11.6. The molecular weight excluding hydrogens is 356 g/mol. The zero-order chi connectivity index (χ0) is 21.2. The highest BCUT2D eigenvalue weighted by Crippen LogP contribution is 2.48. The van der Waals surface area contributed by atoms with Gasteiger partial charge in [0, 0.05) is 11.5 Å². The van der Waals surface area contributed by atoms with Crippen molar-refractivity contribution >= 4 is 0 Å². The van der Waals surface area contributed by atoms with Crippen molar-refractivity contribution < 1.29 is 9.47 Å². The van der Waals surface area contributed by atoms with Crippen LogP contribution in [-0.2, 0) is 6.42 Å². The molecule has 0 fully saturated rings. The van der Waals surface area contributed by atoms with Gasteiger partial charge in [0.1, 0.15) is 11.5 Å². The molecule has 2 rings (SSSR count). The summed E-state index contributed by atoms with van der Waals surface area (Å²) in [5, 5.41) is 0. The second kappa shape index (κ2) is 12.1. The number of rotatable bonds is 12. The first-order chi connectivity index (χ1) is 14.0. The smallest absolute Gasteiger partial charge is 0.126 e. The molecule has 0 radical (unpaired) electrons. The number of methoxy groups -OCH3 is 2. The van der Waals surface area contributed by atoms with Crippen molar-refractivity contribution in [3.8, 4) is 11.5 Å². The molecule has 2 nitrogen and oxygen atoms in total. The molecule has 1 aromatic rings. The summed E-state index contributed by atoms with van der Waals surface area (Å²) in [7, 11) is 3.58. The maximum absolute atomic E-state index is 5.91. The van der Waals surface area contributed by atoms with Gasteiger partial charge in [-0.15, -0.1) is 0 Å². The predicted octanol–water partition coefficient (Wildman–Crippen LogP) is 8.01. The van der Waals surface area contributed by atoms with Crippen LogP contribution < -0.4 is 9.47 Å². The molecule has 1 aliphatic rings. The van der Waals surface area contributed by atoms with Crippen molar-refractivity contribution in [3.05, 3.63) is 47.1 Å². The van der Waals surface area contributed by atoms with E-state index in [2.05, 4.69) is 45.6 Å². The van der Waals surface area contributed by atoms with E-state index >= 15 is 0 Å². The number of allylic oxidation sites excluding steroid dienone is 3. The maximum atomic E-state index is 5.91. The van der Waals surface area contributed by atoms with Crippen LogP contribution in [0.5, 0.6) is 11.5 Å². The van der Waals surface area contributed by atoms with Crippen LogP contribution >= 0.6 is 0 Å². The molecule has 1 aliphatic carbocycles. The van der Waals surface area contributed by atoms with E-state index in [4.69, 9.17) is 9.47 Å². The molecule has 1 aromatic carbocycles. The third-order valence-corrected chi connectivity index (χ3v) is 6.38. The summed E-state index contributed by atoms with van der Waals surface area (Å²) in [5.74, 6) is 2.69. The molecule has 0 bridgehead atoms. The molecule has 0 saturated carbocycles. The molecule has 0 spiro atoms. The fraction of sp³-hybridized carbons (Fsp3) is 0.630. The topological polar surface area (TPSA) is 18.5 Å². The molecule has 0 aliphatic heterocycles. The lowest BCUT2D eigenvalue weighted by Crippen LogP contribution is -2.19. The number of unbranched alkanes of at least 4 members (excludes halogenated alkanes) is 4. The van der Waals surface area contributed by atoms with Gasteiger partial charge < -0.3 is 9.47 Å². The Balaban J connectivity index is 2.38. The van der Waals surface area contributed by atoms with Crippen LogP contribution in [0.2, 0.25) is 0 Å². The lowest BCUT2D eigenvalue weighted by atomic mass is 9.72. The average Bonchev–Trinajstić information content (AvgIpc) is 2.73. The van der Waals surface area contributed by atoms with E-state index in [0.717, 1.165) is 30.8 Å². The summed E-state index contributed by atoms with van der Waals surface area (Å²) >= 11 is 0. The van der Waals surface area contributed by atoms with Crippen LogP contribution in [0.25, 0.3) is 0 Å². The van der Waals surface area contributed by atoms with Crippen molar-refractivity contribution in [2.75, 3.05) is 14.2 Å². The number of benzene rings is 1. The molecule has 2 atom stereocenters. The van der Waals surface area contributed by atoms with Crippen molar-refractivity contribution in [1.29, 1.82) is 0 Å². The summed E-state index contributed by atoms with van der Waals surface area (Å²) in [6.45, 7) is 11.3. The minimum absolute atomic E-state index is 0.285. The van der Waals surface area contributed by atoms with Crippen LogP contribution in [0.4, 0.5) is 0 Å². The van der Waals surface area contributed by atoms with Crippen molar-refractivity contribution in [2.24, 2.45) is 5.92 Å². The molecule has 29 heavy (non-hydrogen) atoms. The fourth-order valence-electron chi connectivity index (χ4n) is 4.64. The quantitative estimate of drug-likeness (QED) is 0.262. The third kappa shape index (κ3) is 6.39. The Morgan fingerprint density at radius 1 is 1.00 bits per heavy atom. The van der Waals surface area contributed by atoms with E-state index in [1.807, 2.05) is 0 Å². The lowest BCUT2D eigenvalue weighted by molar-refractivity contribution is 0.366. The van der Waals surface area contributed by atoms with E-state index in [1.165, 1.54) is 67.2 Å². The van der Waals surface area contributed by atoms with Gasteiger partial charge in [0.15, 0.2) is 0 Å². The SMILES string of the molecule is C=C(CCCCC)[C@@H]1CCC(C)=CC1c1c(OC)cc(CCCCC)cc1OC. The zero-order valence-electron chi connectivity index (χ0n) is 19.5. The van der Waals surface area contributed by atoms with E-state index in [9.17, 15) is 0 Å². The molecule has 0 heterocycles. The Morgan fingerprint density at radius 3 is 2.21 bits per heavy atom. The minimum atomic E-state index is 0.285. The van der Waals surface area contributed by atoms with Gasteiger partial charge in [-0.25, -0.2) is 0 Å². The number of hydrogen-bond donors (Lipinski definition) is 0. The summed E-state index contributed by atoms with van der Waals surface area (Å²) in [5.41, 5.74) is 5.37. The summed E-state index contributed by atoms with van der Waals surface area (Å²) in [6, 6.07) is 4.48. The highest BCUT2D eigenvalue weighted by Gasteiger charge is 2.31. The van der Waals surface area contributed by atoms with Crippen LogP contribution in [-0.4, -0.2) is 14.2 Å². The Morgan fingerprint density at radius 2 is 1.62 bits per heavy atom. The van der Waals surface area contributed by atoms with Gasteiger partial charge in [-0.1, -0.05) is 63.3 Å². The molecular formula is C27H42O2. The fourth-order valence-corrected chi connectivity index (χ4v) is 4.64. The summed E-state index contributed by atoms with van der Waals surface area (Å²) in [6.07, 6.45) is 14.5. The van der Waals surface area contributed by atoms with Gasteiger partial charge in [0.2, 0.25) is 0 Å². The Labute approximate surface area is 179 Å². The second-order valence-corrected chi connectivity index (χ2v) is 8.67. The van der Waals surface area contributed by atoms with Crippen LogP contribution in [0.3, 0.4) is 0 Å². The molecule has 162 valence electrons. The zero-order valence-corrected chi connectivity index (χ0v) is 19.5. The predicted molar refractivity (Wildman–Crippen MR) is 125 cm³/mol. The van der Waals surface area contributed by atoms with Crippen molar-refractivity contribution in [3.63, 3.8) is 0 Å². The van der Waals surface area contributed by atoms with Gasteiger partial charge in [-0.2, -0.15) is 0 Å². The standard InChI is InChI=1S/C27H42O2/c1-7-9-11-13-21(4)23-16-15-20(3)17-24(23)27-25(28-5)18-22(14-12-10-8-2)19-26(27)29-6/h17-19,23-24H,4,7-16H2,1-3,5-6H3/t23-,24?/m0/s1. The van der Waals surface area contributed by atoms with E-state index in [-0.39, 0.29) is 5.92 Å². The second-order valence-electron chi connectivity index (χ2n) is 8.67. The van der Waals surface area contributed by atoms with Gasteiger partial charge in [0.05, 0.1) is 14.2 Å². The van der Waals surface area contributed by atoms with Gasteiger partial charge >= 0.3 is 0 Å². The van der Waals surface area contributed by atoms with Crippen molar-refractivity contribution in [2.45, 2.75) is 90.9 Å². The molecule has 1 unspecified atom stereocenters. The monoisotopic (exact) mass is 398 g/mol. The van der Waals surface area contributed by atoms with Gasteiger partial charge in [0.25, 0.3) is 0 Å². The van der Waals surface area contributed by atoms with Crippen molar-refractivity contribution in [1.82, 2.24) is 0 Å². The first-order valence-corrected chi connectivity index (χ1v) is 11.6. The minimum Gasteiger partial charge on any atom is -0.496 e. The summed E-state index contributed by atoms with van der Waals surface area (Å²) < 4.78 is 11.8. The number of aryl methyl sites for hydroxylation is 1. The number of ether oxygens (including phenoxy) is 2. The molecule has 0 aromatic heterocycles. The van der Waals surface area contributed by atoms with Gasteiger partial charge in [-0.3, -0.25) is 0 Å². The molecule has 0 amide bonds. The molecule has 0 N–H and O–H groups in total. The highest BCUT2D eigenvalue weighted by molar-refractivity contribution is 5.53. The largest absolute Gasteiger partial charge is 0.496 e. The summed E-state index contributed by atoms with van der Waals surface area (Å²) in [4.78, 5) is 0. The van der Waals surface area contributed by atoms with Crippen LogP contribution in [0, 0.1) is 5.92 Å². The first kappa shape index (κ1) is 23.6. The third-order valence-electron chi connectivity index (χ3n) is 6.38. The van der Waals surface area contributed by atoms with Crippen LogP contribution in [0.15, 0.2) is 35.9 Å². The molecule has 0 saturated heterocycles. The normalized spacial score (nSPS) is 19.0.